The van der Waals surface area contributed by atoms with Crippen LogP contribution in [0.3, 0.4) is 0 Å². The summed E-state index contributed by atoms with van der Waals surface area (Å²) >= 11 is 0. The molecule has 0 radical (unpaired) electrons. The number of nitrogens with one attached hydrogen (secondary N) is 1. The van der Waals surface area contributed by atoms with Crippen LogP contribution in [0.15, 0.2) is 36.5 Å². The first-order chi connectivity index (χ1) is 41.0. The zero-order chi connectivity index (χ0) is 59.9. The molecule has 1 amide bonds. The topological polar surface area (TPSA) is 95.9 Å². The largest absolute Gasteiger partial charge is 0.466 e. The Morgan fingerprint density at radius 1 is 0.325 bits per heavy atom. The molecule has 0 spiro atoms. The van der Waals surface area contributed by atoms with Gasteiger partial charge < -0.3 is 20.3 Å². The molecule has 2 atom stereocenters. The standard InChI is InChI=1S/C77H147NO5/c1-3-5-7-9-11-13-15-17-19-21-22-32-35-38-41-45-49-53-57-61-65-69-75(80)74(73-79)78-76(81)70-66-62-58-54-50-46-42-39-36-33-30-28-26-24-23-25-27-29-31-34-37-40-44-48-52-56-60-64-68-72-83-77(82)71-67-63-59-55-51-47-43-20-18-16-14-12-10-8-6-4-2/h20,23,25,43,65,69,74-75,79-80H,3-19,21-22,24,26-42,44-64,66-68,70-73H2,1-2H3,(H,78,81)/b25-23-,43-20-,69-65+. The minimum absolute atomic E-state index is 0.00942. The van der Waals surface area contributed by atoms with Crippen LogP contribution in [0, 0.1) is 0 Å². The maximum absolute atomic E-state index is 12.5. The van der Waals surface area contributed by atoms with Gasteiger partial charge in [0, 0.05) is 12.8 Å². The zero-order valence-corrected chi connectivity index (χ0v) is 56.2. The summed E-state index contributed by atoms with van der Waals surface area (Å²) in [5.41, 5.74) is 0. The maximum atomic E-state index is 12.5. The van der Waals surface area contributed by atoms with Gasteiger partial charge in [-0.1, -0.05) is 359 Å². The van der Waals surface area contributed by atoms with E-state index in [1.807, 2.05) is 6.08 Å². The molecule has 0 aliphatic rings. The van der Waals surface area contributed by atoms with Crippen molar-refractivity contribution >= 4 is 11.9 Å². The van der Waals surface area contributed by atoms with Crippen LogP contribution < -0.4 is 5.32 Å². The summed E-state index contributed by atoms with van der Waals surface area (Å²) in [4.78, 5) is 24.6. The fraction of sp³-hybridized carbons (Fsp3) is 0.896. The van der Waals surface area contributed by atoms with Gasteiger partial charge in [0.25, 0.3) is 0 Å². The predicted molar refractivity (Wildman–Crippen MR) is 366 cm³/mol. The quantitative estimate of drug-likeness (QED) is 0.0320. The van der Waals surface area contributed by atoms with E-state index < -0.39 is 12.1 Å². The van der Waals surface area contributed by atoms with Crippen molar-refractivity contribution < 1.29 is 24.5 Å². The van der Waals surface area contributed by atoms with Gasteiger partial charge in [-0.25, -0.2) is 0 Å². The Bertz CT molecular complexity index is 1340. The molecule has 6 nitrogen and oxygen atoms in total. The molecule has 6 heteroatoms. The van der Waals surface area contributed by atoms with Crippen LogP contribution in [0.5, 0.6) is 0 Å². The first kappa shape index (κ1) is 81.1. The third-order valence-corrected chi connectivity index (χ3v) is 17.6. The highest BCUT2D eigenvalue weighted by molar-refractivity contribution is 5.76. The lowest BCUT2D eigenvalue weighted by Crippen LogP contribution is -2.45. The number of allylic oxidation sites excluding steroid dienone is 5. The minimum Gasteiger partial charge on any atom is -0.466 e. The van der Waals surface area contributed by atoms with Crippen molar-refractivity contribution in [3.8, 4) is 0 Å². The molecule has 0 saturated heterocycles. The van der Waals surface area contributed by atoms with E-state index in [1.165, 1.54) is 347 Å². The Morgan fingerprint density at radius 3 is 0.855 bits per heavy atom. The summed E-state index contributed by atoms with van der Waals surface area (Å²) in [6.07, 6.45) is 93.9. The average Bonchev–Trinajstić information content (AvgIpc) is 3.48. The van der Waals surface area contributed by atoms with E-state index in [0.29, 0.717) is 19.4 Å². The molecule has 83 heavy (non-hydrogen) atoms. The Morgan fingerprint density at radius 2 is 0.566 bits per heavy atom. The van der Waals surface area contributed by atoms with Crippen LogP contribution in [-0.2, 0) is 14.3 Å². The SMILES string of the molecule is CCCCCCCCC/C=C\CCCCCCCC(=O)OCCCCCCCCCCCCCC/C=C\CCCCCCCCCCCCCCCC(=O)NC(CO)C(O)/C=C/CCCCCCCCCCCCCCCCCCCCC. The van der Waals surface area contributed by atoms with Gasteiger partial charge in [0.1, 0.15) is 0 Å². The summed E-state index contributed by atoms with van der Waals surface area (Å²) in [5.74, 6) is -0.0537. The Hall–Kier alpha value is -1.92. The van der Waals surface area contributed by atoms with E-state index in [2.05, 4.69) is 43.5 Å². The van der Waals surface area contributed by atoms with Crippen molar-refractivity contribution in [3.63, 3.8) is 0 Å². The van der Waals surface area contributed by atoms with Gasteiger partial charge in [-0.05, 0) is 83.5 Å². The van der Waals surface area contributed by atoms with Crippen LogP contribution >= 0.6 is 0 Å². The van der Waals surface area contributed by atoms with Crippen molar-refractivity contribution in [3.05, 3.63) is 36.5 Å². The number of amides is 1. The van der Waals surface area contributed by atoms with E-state index in [4.69, 9.17) is 4.74 Å². The van der Waals surface area contributed by atoms with Gasteiger partial charge >= 0.3 is 5.97 Å². The first-order valence-corrected chi connectivity index (χ1v) is 37.8. The Kier molecular flexibility index (Phi) is 70.9. The first-order valence-electron chi connectivity index (χ1n) is 37.8. The molecule has 0 bridgehead atoms. The second-order valence-corrected chi connectivity index (χ2v) is 26.0. The number of rotatable bonds is 71. The molecule has 0 aromatic rings. The number of carbonyl (C=O) groups excluding carboxylic acids is 2. The molecule has 2 unspecified atom stereocenters. The van der Waals surface area contributed by atoms with Crippen LogP contribution in [0.1, 0.15) is 418 Å². The number of ether oxygens (including phenoxy) is 1. The minimum atomic E-state index is -0.845. The third-order valence-electron chi connectivity index (χ3n) is 17.6. The second-order valence-electron chi connectivity index (χ2n) is 26.0. The number of carbonyl (C=O) groups is 2. The summed E-state index contributed by atoms with van der Waals surface area (Å²) in [6, 6.07) is -0.629. The van der Waals surface area contributed by atoms with Gasteiger partial charge in [-0.15, -0.1) is 0 Å². The van der Waals surface area contributed by atoms with E-state index in [1.54, 1.807) is 6.08 Å². The Labute approximate surface area is 519 Å². The molecule has 0 aliphatic carbocycles. The van der Waals surface area contributed by atoms with Gasteiger partial charge in [0.05, 0.1) is 25.4 Å². The monoisotopic (exact) mass is 1170 g/mol. The van der Waals surface area contributed by atoms with Crippen LogP contribution in [0.4, 0.5) is 0 Å². The predicted octanol–water partition coefficient (Wildman–Crippen LogP) is 24.7. The zero-order valence-electron chi connectivity index (χ0n) is 56.2. The van der Waals surface area contributed by atoms with Gasteiger partial charge in [0.15, 0.2) is 0 Å². The molecule has 0 heterocycles. The number of esters is 1. The van der Waals surface area contributed by atoms with E-state index >= 15 is 0 Å². The van der Waals surface area contributed by atoms with E-state index in [-0.39, 0.29) is 18.5 Å². The normalized spacial score (nSPS) is 12.7. The molecule has 0 aliphatic heterocycles. The second kappa shape index (κ2) is 72.6. The summed E-state index contributed by atoms with van der Waals surface area (Å²) < 4.78 is 5.50. The molecule has 0 aromatic heterocycles. The summed E-state index contributed by atoms with van der Waals surface area (Å²) in [5, 5.41) is 23.3. The Balaban J connectivity index is 3.39. The number of aliphatic hydroxyl groups excluding tert-OH is 2. The van der Waals surface area contributed by atoms with Gasteiger partial charge in [-0.3, -0.25) is 9.59 Å². The highest BCUT2D eigenvalue weighted by Gasteiger charge is 2.18. The van der Waals surface area contributed by atoms with E-state index in [0.717, 1.165) is 44.9 Å². The van der Waals surface area contributed by atoms with Gasteiger partial charge in [0.2, 0.25) is 5.91 Å². The number of unbranched alkanes of at least 4 members (excludes halogenated alkanes) is 56. The fourth-order valence-corrected chi connectivity index (χ4v) is 11.9. The molecule has 3 N–H and O–H groups in total. The highest BCUT2D eigenvalue weighted by Crippen LogP contribution is 2.19. The van der Waals surface area contributed by atoms with Crippen molar-refractivity contribution in [1.29, 1.82) is 0 Å². The van der Waals surface area contributed by atoms with Crippen molar-refractivity contribution in [2.45, 2.75) is 431 Å². The molecule has 0 fully saturated rings. The fourth-order valence-electron chi connectivity index (χ4n) is 11.9. The van der Waals surface area contributed by atoms with E-state index in [9.17, 15) is 19.8 Å². The smallest absolute Gasteiger partial charge is 0.305 e. The van der Waals surface area contributed by atoms with Crippen molar-refractivity contribution in [1.82, 2.24) is 5.32 Å². The van der Waals surface area contributed by atoms with Crippen molar-refractivity contribution in [2.75, 3.05) is 13.2 Å². The lowest BCUT2D eigenvalue weighted by atomic mass is 10.0. The summed E-state index contributed by atoms with van der Waals surface area (Å²) in [6.45, 7) is 4.94. The average molecular weight is 1170 g/mol. The molecule has 0 aromatic carbocycles. The summed E-state index contributed by atoms with van der Waals surface area (Å²) in [7, 11) is 0. The molecular weight excluding hydrogens is 1020 g/mol. The molecule has 0 rings (SSSR count). The van der Waals surface area contributed by atoms with Crippen LogP contribution in [-0.4, -0.2) is 47.4 Å². The third kappa shape index (κ3) is 69.1. The number of aliphatic hydroxyl groups is 2. The molecule has 490 valence electrons. The lowest BCUT2D eigenvalue weighted by Gasteiger charge is -2.20. The highest BCUT2D eigenvalue weighted by atomic mass is 16.5. The molecule has 0 saturated carbocycles. The van der Waals surface area contributed by atoms with Crippen molar-refractivity contribution in [2.24, 2.45) is 0 Å². The maximum Gasteiger partial charge on any atom is 0.305 e. The number of hydrogen-bond acceptors (Lipinski definition) is 5. The van der Waals surface area contributed by atoms with Crippen LogP contribution in [0.2, 0.25) is 0 Å². The number of hydrogen-bond donors (Lipinski definition) is 3. The molecular formula is C77H147NO5. The van der Waals surface area contributed by atoms with Gasteiger partial charge in [-0.2, -0.15) is 0 Å². The van der Waals surface area contributed by atoms with Crippen LogP contribution in [0.25, 0.3) is 0 Å². The lowest BCUT2D eigenvalue weighted by molar-refractivity contribution is -0.143.